The number of unbranched alkanes of at least 4 members (excludes halogenated alkanes) is 21. The Labute approximate surface area is 483 Å². The van der Waals surface area contributed by atoms with Crippen molar-refractivity contribution in [2.24, 2.45) is 0 Å². The molecule has 0 saturated carbocycles. The molecule has 7 unspecified atom stereocenters. The Bertz CT molecular complexity index is 1700. The van der Waals surface area contributed by atoms with Crippen LogP contribution in [0.2, 0.25) is 0 Å². The summed E-state index contributed by atoms with van der Waals surface area (Å²) in [6, 6.07) is -0.748. The second-order valence-electron chi connectivity index (χ2n) is 21.5. The zero-order valence-electron chi connectivity index (χ0n) is 50.1. The van der Waals surface area contributed by atoms with Gasteiger partial charge in [-0.2, -0.15) is 0 Å². The van der Waals surface area contributed by atoms with Gasteiger partial charge in [0, 0.05) is 6.42 Å². The number of carbonyl (C=O) groups excluding carboxylic acids is 1. The lowest BCUT2D eigenvalue weighted by Crippen LogP contribution is -2.60. The summed E-state index contributed by atoms with van der Waals surface area (Å²) in [7, 11) is 0. The highest BCUT2D eigenvalue weighted by Gasteiger charge is 2.44. The molecule has 1 saturated heterocycles. The number of nitrogens with one attached hydrogen (secondary N) is 1. The zero-order chi connectivity index (χ0) is 57.2. The van der Waals surface area contributed by atoms with E-state index in [0.717, 1.165) is 116 Å². The fourth-order valence-electron chi connectivity index (χ4n) is 9.28. The van der Waals surface area contributed by atoms with Gasteiger partial charge in [0.2, 0.25) is 5.91 Å². The van der Waals surface area contributed by atoms with Crippen LogP contribution in [0.25, 0.3) is 0 Å². The summed E-state index contributed by atoms with van der Waals surface area (Å²) in [5.74, 6) is -0.180. The van der Waals surface area contributed by atoms with E-state index in [2.05, 4.69) is 153 Å². The number of rotatable bonds is 53. The summed E-state index contributed by atoms with van der Waals surface area (Å²) < 4.78 is 11.3. The third-order valence-corrected chi connectivity index (χ3v) is 14.3. The molecule has 450 valence electrons. The second kappa shape index (κ2) is 57.6. The molecular weight excluding hydrogens is 983 g/mol. The molecule has 1 rings (SSSR count). The summed E-state index contributed by atoms with van der Waals surface area (Å²) >= 11 is 0. The maximum absolute atomic E-state index is 13.1. The number of amides is 1. The van der Waals surface area contributed by atoms with Crippen LogP contribution in [0.5, 0.6) is 0 Å². The van der Waals surface area contributed by atoms with Crippen LogP contribution in [0, 0.1) is 0 Å². The minimum atomic E-state index is -1.57. The van der Waals surface area contributed by atoms with Crippen molar-refractivity contribution < 1.29 is 39.8 Å². The Kier molecular flexibility index (Phi) is 53.4. The third-order valence-electron chi connectivity index (χ3n) is 14.3. The average molecular weight is 1100 g/mol. The van der Waals surface area contributed by atoms with Crippen LogP contribution in [0.4, 0.5) is 0 Å². The number of hydrogen-bond donors (Lipinski definition) is 6. The van der Waals surface area contributed by atoms with Crippen molar-refractivity contribution in [3.8, 4) is 0 Å². The molecule has 1 fully saturated rings. The van der Waals surface area contributed by atoms with E-state index in [4.69, 9.17) is 9.47 Å². The van der Waals surface area contributed by atoms with Gasteiger partial charge in [-0.3, -0.25) is 4.79 Å². The van der Waals surface area contributed by atoms with Crippen molar-refractivity contribution in [2.45, 2.75) is 288 Å². The van der Waals surface area contributed by atoms with Crippen molar-refractivity contribution in [2.75, 3.05) is 13.2 Å². The quantitative estimate of drug-likeness (QED) is 0.0261. The van der Waals surface area contributed by atoms with E-state index >= 15 is 0 Å². The van der Waals surface area contributed by atoms with Crippen LogP contribution in [-0.4, -0.2) is 87.5 Å². The molecule has 7 atom stereocenters. The SMILES string of the molecule is CC/C=C\C/C=C\C/C=C\C/C=C\C/C=C\C/C=C\C/C=C\C/C=C\C/C=C\C/C=C\C/C=C\CCCCCC(=O)NC(COC1OC(CO)C(O)C(O)C1O)C(O)CCCCCCCCCCCCCCCCCCCCC. The molecule has 9 nitrogen and oxygen atoms in total. The first kappa shape index (κ1) is 73.3. The summed E-state index contributed by atoms with van der Waals surface area (Å²) in [4.78, 5) is 13.1. The summed E-state index contributed by atoms with van der Waals surface area (Å²) in [5.41, 5.74) is 0. The van der Waals surface area contributed by atoms with Crippen molar-refractivity contribution in [3.05, 3.63) is 134 Å². The standard InChI is InChI=1S/C70H117NO8/c1-3-5-7-9-11-13-15-17-19-21-23-24-25-26-27-28-29-30-31-32-33-34-35-36-37-38-39-40-42-44-46-48-50-52-54-56-58-60-66(74)71-63(62-78-70-69(77)68(76)67(75)65(61-72)79-70)64(73)59-57-55-53-51-49-47-45-43-41-22-20-18-16-14-12-10-8-6-4-2/h5,7,11,13,17,19,23-24,26-27,29-30,32-33,35-36,38-39,42,44,48,50,63-65,67-70,72-73,75-77H,3-4,6,8-10,12,14-16,18,20-22,25,28,31,34,37,40-41,43,45-47,49,51-62H2,1-2H3,(H,71,74)/b7-5-,13-11-,19-17-,24-23-,27-26-,30-29-,33-32-,36-35-,39-38-,44-42-,50-48-. The molecule has 9 heteroatoms. The molecule has 79 heavy (non-hydrogen) atoms. The van der Waals surface area contributed by atoms with Crippen LogP contribution in [0.15, 0.2) is 134 Å². The molecule has 0 bridgehead atoms. The molecular formula is C70H117NO8. The third kappa shape index (κ3) is 46.6. The van der Waals surface area contributed by atoms with Gasteiger partial charge in [-0.05, 0) is 96.3 Å². The molecule has 0 spiro atoms. The Morgan fingerprint density at radius 3 is 1.15 bits per heavy atom. The highest BCUT2D eigenvalue weighted by atomic mass is 16.7. The van der Waals surface area contributed by atoms with E-state index in [1.807, 2.05) is 0 Å². The van der Waals surface area contributed by atoms with Gasteiger partial charge in [0.25, 0.3) is 0 Å². The van der Waals surface area contributed by atoms with E-state index in [1.165, 1.54) is 103 Å². The van der Waals surface area contributed by atoms with Gasteiger partial charge in [-0.25, -0.2) is 0 Å². The van der Waals surface area contributed by atoms with Gasteiger partial charge in [-0.15, -0.1) is 0 Å². The molecule has 0 aromatic carbocycles. The Morgan fingerprint density at radius 1 is 0.443 bits per heavy atom. The van der Waals surface area contributed by atoms with Crippen molar-refractivity contribution >= 4 is 5.91 Å². The topological polar surface area (TPSA) is 149 Å². The highest BCUT2D eigenvalue weighted by Crippen LogP contribution is 2.23. The fourth-order valence-corrected chi connectivity index (χ4v) is 9.28. The molecule has 0 radical (unpaired) electrons. The first-order chi connectivity index (χ1) is 38.8. The summed E-state index contributed by atoms with van der Waals surface area (Å²) in [6.07, 6.45) is 80.6. The number of allylic oxidation sites excluding steroid dienone is 22. The number of aliphatic hydroxyl groups excluding tert-OH is 5. The van der Waals surface area contributed by atoms with Crippen molar-refractivity contribution in [1.82, 2.24) is 5.32 Å². The minimum absolute atomic E-state index is 0.159. The normalized spacial score (nSPS) is 19.5. The average Bonchev–Trinajstić information content (AvgIpc) is 3.46. The number of carbonyl (C=O) groups is 1. The van der Waals surface area contributed by atoms with Crippen molar-refractivity contribution in [3.63, 3.8) is 0 Å². The highest BCUT2D eigenvalue weighted by molar-refractivity contribution is 5.76. The first-order valence-corrected chi connectivity index (χ1v) is 31.9. The Hall–Kier alpha value is -3.67. The summed E-state index contributed by atoms with van der Waals surface area (Å²) in [6.45, 7) is 3.71. The smallest absolute Gasteiger partial charge is 0.220 e. The molecule has 0 aromatic heterocycles. The lowest BCUT2D eigenvalue weighted by molar-refractivity contribution is -0.302. The molecule has 1 amide bonds. The molecule has 1 aliphatic rings. The zero-order valence-corrected chi connectivity index (χ0v) is 50.1. The number of ether oxygens (including phenoxy) is 2. The molecule has 6 N–H and O–H groups in total. The van der Waals surface area contributed by atoms with E-state index in [0.29, 0.717) is 12.8 Å². The van der Waals surface area contributed by atoms with Crippen LogP contribution < -0.4 is 5.32 Å². The van der Waals surface area contributed by atoms with Crippen LogP contribution in [0.3, 0.4) is 0 Å². The van der Waals surface area contributed by atoms with Crippen molar-refractivity contribution in [1.29, 1.82) is 0 Å². The van der Waals surface area contributed by atoms with Crippen LogP contribution >= 0.6 is 0 Å². The van der Waals surface area contributed by atoms with E-state index in [1.54, 1.807) is 0 Å². The van der Waals surface area contributed by atoms with Crippen LogP contribution in [0.1, 0.15) is 245 Å². The minimum Gasteiger partial charge on any atom is -0.394 e. The van der Waals surface area contributed by atoms with E-state index in [9.17, 15) is 30.3 Å². The van der Waals surface area contributed by atoms with Gasteiger partial charge in [-0.1, -0.05) is 276 Å². The largest absolute Gasteiger partial charge is 0.394 e. The van der Waals surface area contributed by atoms with E-state index in [-0.39, 0.29) is 12.5 Å². The summed E-state index contributed by atoms with van der Waals surface area (Å²) in [5, 5.41) is 54.7. The lowest BCUT2D eigenvalue weighted by atomic mass is 9.99. The van der Waals surface area contributed by atoms with Crippen LogP contribution in [-0.2, 0) is 14.3 Å². The van der Waals surface area contributed by atoms with Gasteiger partial charge in [0.05, 0.1) is 25.4 Å². The van der Waals surface area contributed by atoms with Gasteiger partial charge in [0.15, 0.2) is 6.29 Å². The maximum atomic E-state index is 13.1. The molecule has 1 heterocycles. The molecule has 0 aromatic rings. The maximum Gasteiger partial charge on any atom is 0.220 e. The first-order valence-electron chi connectivity index (χ1n) is 31.9. The Balaban J connectivity index is 2.22. The lowest BCUT2D eigenvalue weighted by Gasteiger charge is -2.40. The predicted molar refractivity (Wildman–Crippen MR) is 336 cm³/mol. The van der Waals surface area contributed by atoms with Gasteiger partial charge in [0.1, 0.15) is 24.4 Å². The molecule has 0 aliphatic carbocycles. The Morgan fingerprint density at radius 2 is 0.785 bits per heavy atom. The van der Waals surface area contributed by atoms with E-state index < -0.39 is 49.5 Å². The van der Waals surface area contributed by atoms with Gasteiger partial charge < -0.3 is 40.3 Å². The fraction of sp³-hybridized carbons (Fsp3) is 0.671. The predicted octanol–water partition coefficient (Wildman–Crippen LogP) is 16.9. The molecule has 1 aliphatic heterocycles. The second-order valence-corrected chi connectivity index (χ2v) is 21.5. The number of aliphatic hydroxyl groups is 5. The number of hydrogen-bond acceptors (Lipinski definition) is 8. The van der Waals surface area contributed by atoms with Gasteiger partial charge >= 0.3 is 0 Å². The monoisotopic (exact) mass is 1100 g/mol.